The standard InChI is InChI=1S/C22H21N3O7/c26-19(18-12-31-10-9-25(18)20(27)21(28)29)23-24-22(30)32-11-17-15-7-3-1-5-13(15)14-6-2-4-8-16(14)17/h1-8,17-18H,9-12H2,(H,23,26)(H,24,30)(H,28,29). The van der Waals surface area contributed by atoms with Crippen molar-refractivity contribution in [3.8, 4) is 11.1 Å². The van der Waals surface area contributed by atoms with E-state index in [0.29, 0.717) is 0 Å². The number of hydrazine groups is 1. The minimum Gasteiger partial charge on any atom is -0.474 e. The van der Waals surface area contributed by atoms with E-state index in [9.17, 15) is 19.2 Å². The molecule has 0 saturated carbocycles. The van der Waals surface area contributed by atoms with Crippen LogP contribution < -0.4 is 10.9 Å². The minimum atomic E-state index is -1.67. The third-order valence-corrected chi connectivity index (χ3v) is 5.51. The van der Waals surface area contributed by atoms with Crippen LogP contribution in [0.25, 0.3) is 11.1 Å². The fourth-order valence-corrected chi connectivity index (χ4v) is 4.02. The van der Waals surface area contributed by atoms with E-state index < -0.39 is 29.9 Å². The van der Waals surface area contributed by atoms with Crippen LogP contribution in [-0.4, -0.2) is 66.3 Å². The monoisotopic (exact) mass is 439 g/mol. The Balaban J connectivity index is 1.34. The number of benzene rings is 2. The highest BCUT2D eigenvalue weighted by atomic mass is 16.6. The van der Waals surface area contributed by atoms with Crippen molar-refractivity contribution < 1.29 is 33.8 Å². The zero-order valence-electron chi connectivity index (χ0n) is 16.9. The Morgan fingerprint density at radius 3 is 2.25 bits per heavy atom. The predicted octanol–water partition coefficient (Wildman–Crippen LogP) is 0.868. The summed E-state index contributed by atoms with van der Waals surface area (Å²) in [6.07, 6.45) is -0.881. The van der Waals surface area contributed by atoms with E-state index in [-0.39, 0.29) is 32.3 Å². The lowest BCUT2D eigenvalue weighted by Gasteiger charge is -2.33. The third-order valence-electron chi connectivity index (χ3n) is 5.51. The number of carboxylic acid groups (broad SMARTS) is 1. The summed E-state index contributed by atoms with van der Waals surface area (Å²) in [7, 11) is 0. The second kappa shape index (κ2) is 9.06. The third kappa shape index (κ3) is 4.12. The molecule has 2 aliphatic rings. The molecule has 1 aliphatic carbocycles. The summed E-state index contributed by atoms with van der Waals surface area (Å²) >= 11 is 0. The van der Waals surface area contributed by atoms with Crippen LogP contribution in [-0.2, 0) is 23.9 Å². The number of amides is 3. The number of rotatable bonds is 3. The number of nitrogens with zero attached hydrogens (tertiary/aromatic N) is 1. The van der Waals surface area contributed by atoms with Gasteiger partial charge in [0.05, 0.1) is 13.2 Å². The van der Waals surface area contributed by atoms with Crippen molar-refractivity contribution in [1.29, 1.82) is 0 Å². The number of ether oxygens (including phenoxy) is 2. The highest BCUT2D eigenvalue weighted by molar-refractivity contribution is 6.31. The normalized spacial score (nSPS) is 17.1. The number of hydrogen-bond donors (Lipinski definition) is 3. The lowest BCUT2D eigenvalue weighted by molar-refractivity contribution is -0.162. The molecule has 1 saturated heterocycles. The first-order chi connectivity index (χ1) is 15.5. The molecule has 3 amide bonds. The summed E-state index contributed by atoms with van der Waals surface area (Å²) in [4.78, 5) is 48.2. The number of fused-ring (bicyclic) bond motifs is 3. The second-order valence-electron chi connectivity index (χ2n) is 7.33. The molecule has 3 N–H and O–H groups in total. The van der Waals surface area contributed by atoms with Gasteiger partial charge in [0.25, 0.3) is 5.91 Å². The van der Waals surface area contributed by atoms with Gasteiger partial charge in [0.2, 0.25) is 0 Å². The maximum atomic E-state index is 12.4. The van der Waals surface area contributed by atoms with Crippen LogP contribution in [0.5, 0.6) is 0 Å². The van der Waals surface area contributed by atoms with E-state index in [1.165, 1.54) is 0 Å². The van der Waals surface area contributed by atoms with Crippen molar-refractivity contribution in [2.24, 2.45) is 0 Å². The number of carbonyl (C=O) groups excluding carboxylic acids is 3. The molecule has 10 nitrogen and oxygen atoms in total. The van der Waals surface area contributed by atoms with Crippen molar-refractivity contribution in [2.45, 2.75) is 12.0 Å². The van der Waals surface area contributed by atoms with Gasteiger partial charge in [-0.3, -0.25) is 15.0 Å². The number of morpholine rings is 1. The fraction of sp³-hybridized carbons (Fsp3) is 0.273. The van der Waals surface area contributed by atoms with Crippen LogP contribution in [0.1, 0.15) is 17.0 Å². The second-order valence-corrected chi connectivity index (χ2v) is 7.33. The van der Waals surface area contributed by atoms with E-state index in [2.05, 4.69) is 10.9 Å². The van der Waals surface area contributed by atoms with Crippen molar-refractivity contribution in [2.75, 3.05) is 26.4 Å². The zero-order chi connectivity index (χ0) is 22.7. The molecule has 0 aromatic heterocycles. The predicted molar refractivity (Wildman–Crippen MR) is 110 cm³/mol. The maximum Gasteiger partial charge on any atom is 0.426 e. The Kier molecular flexibility index (Phi) is 6.04. The summed E-state index contributed by atoms with van der Waals surface area (Å²) in [5, 5.41) is 8.91. The first-order valence-electron chi connectivity index (χ1n) is 10.00. The number of carboxylic acids is 1. The maximum absolute atomic E-state index is 12.4. The SMILES string of the molecule is O=C(NNC(=O)C1COCCN1C(=O)C(=O)O)OCC1c2ccccc2-c2ccccc21. The van der Waals surface area contributed by atoms with E-state index in [1.807, 2.05) is 48.5 Å². The Labute approximate surface area is 183 Å². The van der Waals surface area contributed by atoms with Crippen LogP contribution in [0.4, 0.5) is 4.79 Å². The molecular weight excluding hydrogens is 418 g/mol. The van der Waals surface area contributed by atoms with Crippen LogP contribution in [0.3, 0.4) is 0 Å². The summed E-state index contributed by atoms with van der Waals surface area (Å²) in [5.74, 6) is -3.81. The van der Waals surface area contributed by atoms with Crippen LogP contribution >= 0.6 is 0 Å². The topological polar surface area (TPSA) is 134 Å². The molecule has 32 heavy (non-hydrogen) atoms. The van der Waals surface area contributed by atoms with Crippen molar-refractivity contribution in [3.05, 3.63) is 59.7 Å². The Morgan fingerprint density at radius 2 is 1.62 bits per heavy atom. The molecule has 1 atom stereocenters. The molecule has 166 valence electrons. The molecule has 2 aromatic rings. The quantitative estimate of drug-likeness (QED) is 0.477. The van der Waals surface area contributed by atoms with Gasteiger partial charge >= 0.3 is 18.0 Å². The average molecular weight is 439 g/mol. The Bertz CT molecular complexity index is 1030. The largest absolute Gasteiger partial charge is 0.474 e. The van der Waals surface area contributed by atoms with Gasteiger partial charge < -0.3 is 19.5 Å². The van der Waals surface area contributed by atoms with Gasteiger partial charge in [0.15, 0.2) is 0 Å². The summed E-state index contributed by atoms with van der Waals surface area (Å²) in [5.41, 5.74) is 8.57. The average Bonchev–Trinajstić information content (AvgIpc) is 3.14. The fourth-order valence-electron chi connectivity index (χ4n) is 4.02. The highest BCUT2D eigenvalue weighted by Crippen LogP contribution is 2.44. The van der Waals surface area contributed by atoms with E-state index in [1.54, 1.807) is 0 Å². The van der Waals surface area contributed by atoms with Gasteiger partial charge in [-0.2, -0.15) is 0 Å². The first kappa shape index (κ1) is 21.3. The highest BCUT2D eigenvalue weighted by Gasteiger charge is 2.36. The van der Waals surface area contributed by atoms with Gasteiger partial charge in [-0.15, -0.1) is 0 Å². The number of aliphatic carboxylic acids is 1. The van der Waals surface area contributed by atoms with Gasteiger partial charge in [-0.25, -0.2) is 15.0 Å². The molecule has 10 heteroatoms. The molecule has 1 fully saturated rings. The Morgan fingerprint density at radius 1 is 1.00 bits per heavy atom. The van der Waals surface area contributed by atoms with Crippen LogP contribution in [0.15, 0.2) is 48.5 Å². The van der Waals surface area contributed by atoms with Crippen LogP contribution in [0.2, 0.25) is 0 Å². The number of nitrogens with one attached hydrogen (secondary N) is 2. The van der Waals surface area contributed by atoms with E-state index in [0.717, 1.165) is 27.2 Å². The summed E-state index contributed by atoms with van der Waals surface area (Å²) < 4.78 is 10.5. The van der Waals surface area contributed by atoms with E-state index in [4.69, 9.17) is 14.6 Å². The molecule has 4 rings (SSSR count). The van der Waals surface area contributed by atoms with Gasteiger partial charge in [-0.05, 0) is 22.3 Å². The summed E-state index contributed by atoms with van der Waals surface area (Å²) in [6.45, 7) is -0.0557. The molecular formula is C22H21N3O7. The van der Waals surface area contributed by atoms with Crippen molar-refractivity contribution in [3.63, 3.8) is 0 Å². The van der Waals surface area contributed by atoms with Crippen molar-refractivity contribution in [1.82, 2.24) is 15.8 Å². The lowest BCUT2D eigenvalue weighted by atomic mass is 9.98. The molecule has 0 radical (unpaired) electrons. The smallest absolute Gasteiger partial charge is 0.426 e. The molecule has 1 unspecified atom stereocenters. The first-order valence-corrected chi connectivity index (χ1v) is 10.00. The van der Waals surface area contributed by atoms with Crippen molar-refractivity contribution >= 4 is 23.9 Å². The summed E-state index contributed by atoms with van der Waals surface area (Å²) in [6, 6.07) is 14.6. The molecule has 2 aromatic carbocycles. The number of carbonyl (C=O) groups is 4. The van der Waals surface area contributed by atoms with Gasteiger partial charge in [0.1, 0.15) is 12.6 Å². The lowest BCUT2D eigenvalue weighted by Crippen LogP contribution is -2.59. The Hall–Kier alpha value is -3.92. The molecule has 1 heterocycles. The van der Waals surface area contributed by atoms with Gasteiger partial charge in [0, 0.05) is 12.5 Å². The zero-order valence-corrected chi connectivity index (χ0v) is 16.9. The van der Waals surface area contributed by atoms with Crippen LogP contribution in [0, 0.1) is 0 Å². The molecule has 0 bridgehead atoms. The van der Waals surface area contributed by atoms with E-state index >= 15 is 0 Å². The minimum absolute atomic E-state index is 0.0475. The molecule has 0 spiro atoms. The molecule has 1 aliphatic heterocycles. The van der Waals surface area contributed by atoms with Gasteiger partial charge in [-0.1, -0.05) is 48.5 Å². The number of hydrogen-bond acceptors (Lipinski definition) is 6.